The Hall–Kier alpha value is -11.3. The van der Waals surface area contributed by atoms with E-state index in [4.69, 9.17) is 50.8 Å². The van der Waals surface area contributed by atoms with Gasteiger partial charge in [0, 0.05) is 157 Å². The van der Waals surface area contributed by atoms with E-state index in [1.807, 2.05) is 169 Å². The average Bonchev–Trinajstić information content (AvgIpc) is 1.66. The minimum absolute atomic E-state index is 0.153. The molecular formula is C102H93Cl4F3N8OS4. The standard InChI is InChI=1S/C11H11N.C10H10O.C10H10S.4C9H8ClN.C9H8FN.C9H7FS.C9H9NS.C8H6FNS/c1-8-3-6-11-10(7-8)5-4-9(2)12-11;2*1-7-3-4-9-6-8(2)11-10(9)5-7;1-6-5-11-9-3-2-7(10)4-8(6)9;1-6-5-11-9-4-7(10)2-3-8(6)9;1-6-4-7-2-3-8(10)5-9(7)11-6;1-6-2-3-9-7(4-6)8(10)5-11-9;1-6-2-3-7-8(10)5-11-9(7)4-6;1-6-4-7-2-3-8(10)5-9(7)11-6;1-6-3-4-8-5-7(2)11-9(8)10-6;1-5-4-6-2-3-7(9)10-8(6)11-5/h3-7H,1-2H3;2*3-6H,1-2H3;5*2-5,11H,1H3;2-5H,1H3;3-5H,1-2H3;2-4H,1H3. The predicted molar refractivity (Wildman–Crippen MR) is 523 cm³/mol. The first-order valence-corrected chi connectivity index (χ1v) is 44.1. The van der Waals surface area contributed by atoms with Gasteiger partial charge in [0.2, 0.25) is 5.95 Å². The number of thiophene rings is 4. The van der Waals surface area contributed by atoms with Crippen molar-refractivity contribution in [3.8, 4) is 0 Å². The SMILES string of the molecule is Cc1c[nH]c2cc(Cl)ccc12.Cc1c[nH]c2ccc(Cl)cc12.Cc1cc2ccc(Cl)cc2[nH]1.Cc1cc2ccc(F)cc2s1.Cc1cc2ccc(F)nc2s1.Cc1ccc2[nH]cc(Cl)c2c1.Cc1ccc2c(F)c[nH]c2c1.Cc1ccc2cc(C)oc2c1.Cc1ccc2cc(C)sc2c1.Cc1ccc2cc(C)sc2n1.Cc1ccc2nc(C)ccc2c1. The Kier molecular flexibility index (Phi) is 30.6. The number of fused-ring (bicyclic) bond motifs is 11. The molecule has 0 spiro atoms. The van der Waals surface area contributed by atoms with Crippen molar-refractivity contribution < 1.29 is 17.6 Å². The number of hydrogen-bond acceptors (Lipinski definition) is 8. The lowest BCUT2D eigenvalue weighted by atomic mass is 10.1. The number of halogens is 7. The average molecular weight is 1770 g/mol. The van der Waals surface area contributed by atoms with Gasteiger partial charge in [-0.2, -0.15) is 4.39 Å². The number of rotatable bonds is 0. The fraction of sp³-hybridized carbons (Fsp3) is 0.147. The van der Waals surface area contributed by atoms with E-state index in [1.54, 1.807) is 40.9 Å². The number of furan rings is 1. The number of aromatic amines is 5. The Bertz CT molecular complexity index is 6470. The highest BCUT2D eigenvalue weighted by Crippen LogP contribution is 2.31. The van der Waals surface area contributed by atoms with Gasteiger partial charge in [0.1, 0.15) is 32.6 Å². The van der Waals surface area contributed by atoms with E-state index in [0.29, 0.717) is 5.39 Å². The minimum atomic E-state index is -0.403. The van der Waals surface area contributed by atoms with Crippen LogP contribution in [0, 0.1) is 121 Å². The maximum Gasteiger partial charge on any atom is 0.214 e. The molecule has 0 fully saturated rings. The largest absolute Gasteiger partial charge is 0.461 e. The van der Waals surface area contributed by atoms with E-state index in [2.05, 4.69) is 211 Å². The van der Waals surface area contributed by atoms with Crippen molar-refractivity contribution in [3.63, 3.8) is 0 Å². The van der Waals surface area contributed by atoms with E-state index >= 15 is 0 Å². The highest BCUT2D eigenvalue weighted by molar-refractivity contribution is 7.19. The summed E-state index contributed by atoms with van der Waals surface area (Å²) in [5.41, 5.74) is 19.5. The zero-order valence-corrected chi connectivity index (χ0v) is 76.6. The Balaban J connectivity index is 0.000000123. The molecule has 0 unspecified atom stereocenters. The maximum absolute atomic E-state index is 12.8. The van der Waals surface area contributed by atoms with Crippen LogP contribution >= 0.6 is 91.8 Å². The Morgan fingerprint density at radius 3 is 1.51 bits per heavy atom. The van der Waals surface area contributed by atoms with Gasteiger partial charge in [-0.3, -0.25) is 4.98 Å². The van der Waals surface area contributed by atoms with Gasteiger partial charge in [0.05, 0.1) is 10.5 Å². The van der Waals surface area contributed by atoms with Gasteiger partial charge >= 0.3 is 0 Å². The summed E-state index contributed by atoms with van der Waals surface area (Å²) in [5.74, 6) is 0.240. The van der Waals surface area contributed by atoms with Crippen LogP contribution < -0.4 is 0 Å². The Morgan fingerprint density at radius 1 is 0.311 bits per heavy atom. The number of aryl methyl sites for hydroxylation is 15. The van der Waals surface area contributed by atoms with Crippen LogP contribution in [0.25, 0.3) is 117 Å². The molecule has 22 aromatic rings. The smallest absolute Gasteiger partial charge is 0.214 e. The Morgan fingerprint density at radius 2 is 0.787 bits per heavy atom. The second-order valence-electron chi connectivity index (χ2n) is 30.0. The molecule has 0 saturated heterocycles. The van der Waals surface area contributed by atoms with Gasteiger partial charge < -0.3 is 29.3 Å². The summed E-state index contributed by atoms with van der Waals surface area (Å²) in [6.45, 7) is 30.8. The molecule has 13 heterocycles. The van der Waals surface area contributed by atoms with E-state index in [0.717, 1.165) is 117 Å². The molecule has 0 aliphatic carbocycles. The summed E-state index contributed by atoms with van der Waals surface area (Å²) < 4.78 is 45.9. The van der Waals surface area contributed by atoms with E-state index in [9.17, 15) is 13.2 Å². The molecule has 20 heteroatoms. The molecule has 0 amide bonds. The molecule has 9 nitrogen and oxygen atoms in total. The highest BCUT2D eigenvalue weighted by Gasteiger charge is 2.08. The number of H-pyrrole nitrogens is 5. The van der Waals surface area contributed by atoms with Gasteiger partial charge in [0.25, 0.3) is 0 Å². The first kappa shape index (κ1) is 90.0. The molecule has 620 valence electrons. The van der Waals surface area contributed by atoms with E-state index < -0.39 is 5.95 Å². The van der Waals surface area contributed by atoms with Crippen molar-refractivity contribution >= 4 is 209 Å². The van der Waals surface area contributed by atoms with Crippen molar-refractivity contribution in [2.45, 2.75) is 104 Å². The van der Waals surface area contributed by atoms with Crippen LogP contribution in [0.4, 0.5) is 13.2 Å². The van der Waals surface area contributed by atoms with E-state index in [1.165, 1.54) is 126 Å². The lowest BCUT2D eigenvalue weighted by Gasteiger charge is -1.99. The molecular weight excluding hydrogens is 1680 g/mol. The first-order valence-electron chi connectivity index (χ1n) is 39.4. The monoisotopic (exact) mass is 1770 g/mol. The van der Waals surface area contributed by atoms with Crippen molar-refractivity contribution in [2.75, 3.05) is 0 Å². The predicted octanol–water partition coefficient (Wildman–Crippen LogP) is 33.6. The van der Waals surface area contributed by atoms with Gasteiger partial charge in [0.15, 0.2) is 0 Å². The normalized spacial score (nSPS) is 10.7. The van der Waals surface area contributed by atoms with Gasteiger partial charge in [-0.15, -0.1) is 45.3 Å². The lowest BCUT2D eigenvalue weighted by Crippen LogP contribution is -1.82. The molecule has 122 heavy (non-hydrogen) atoms. The third kappa shape index (κ3) is 25.0. The van der Waals surface area contributed by atoms with Crippen molar-refractivity contribution in [1.29, 1.82) is 0 Å². The van der Waals surface area contributed by atoms with Crippen molar-refractivity contribution in [3.05, 3.63) is 380 Å². The lowest BCUT2D eigenvalue weighted by molar-refractivity contribution is 0.578. The summed E-state index contributed by atoms with van der Waals surface area (Å²) in [7, 11) is 0. The fourth-order valence-corrected chi connectivity index (χ4v) is 17.8. The number of benzene rings is 9. The summed E-state index contributed by atoms with van der Waals surface area (Å²) in [6, 6.07) is 77.5. The zero-order chi connectivity index (χ0) is 87.0. The molecule has 0 aliphatic heterocycles. The topological polar surface area (TPSA) is 131 Å². The molecule has 0 aliphatic rings. The molecule has 0 radical (unpaired) electrons. The van der Waals surface area contributed by atoms with Crippen LogP contribution in [-0.2, 0) is 0 Å². The van der Waals surface area contributed by atoms with Gasteiger partial charge in [-0.25, -0.2) is 18.7 Å². The van der Waals surface area contributed by atoms with E-state index in [-0.39, 0.29) is 11.6 Å². The third-order valence-electron chi connectivity index (χ3n) is 19.3. The number of aromatic nitrogens is 8. The number of nitrogens with zero attached hydrogens (tertiary/aromatic N) is 3. The Labute approximate surface area is 744 Å². The quantitative estimate of drug-likeness (QED) is 0.0968. The second-order valence-corrected chi connectivity index (χ2v) is 36.7. The number of pyridine rings is 3. The van der Waals surface area contributed by atoms with Crippen LogP contribution in [0.2, 0.25) is 20.1 Å². The molecule has 13 aromatic heterocycles. The molecule has 22 rings (SSSR count). The highest BCUT2D eigenvalue weighted by atomic mass is 35.5. The molecule has 9 aromatic carbocycles. The summed E-state index contributed by atoms with van der Waals surface area (Å²) in [4.78, 5) is 35.1. The maximum atomic E-state index is 12.8. The van der Waals surface area contributed by atoms with Crippen LogP contribution in [0.3, 0.4) is 0 Å². The second kappa shape index (κ2) is 41.5. The van der Waals surface area contributed by atoms with Gasteiger partial charge in [-0.05, 0) is 312 Å². The van der Waals surface area contributed by atoms with Crippen molar-refractivity contribution in [1.82, 2.24) is 39.9 Å². The fourth-order valence-electron chi connectivity index (χ4n) is 13.3. The van der Waals surface area contributed by atoms with Crippen LogP contribution in [0.5, 0.6) is 0 Å². The third-order valence-corrected chi connectivity index (χ3v) is 24.3. The zero-order valence-electron chi connectivity index (χ0n) is 70.4. The molecule has 5 N–H and O–H groups in total. The number of hydrogen-bond donors (Lipinski definition) is 5. The molecule has 0 atom stereocenters. The summed E-state index contributed by atoms with van der Waals surface area (Å²) in [6.07, 6.45) is 7.16. The van der Waals surface area contributed by atoms with Gasteiger partial charge in [-0.1, -0.05) is 130 Å². The summed E-state index contributed by atoms with van der Waals surface area (Å²) in [5, 5.41) is 15.8. The van der Waals surface area contributed by atoms with Crippen LogP contribution in [-0.4, -0.2) is 39.9 Å². The van der Waals surface area contributed by atoms with Crippen LogP contribution in [0.1, 0.15) is 81.3 Å². The van der Waals surface area contributed by atoms with Crippen molar-refractivity contribution in [2.24, 2.45) is 0 Å². The minimum Gasteiger partial charge on any atom is -0.461 e. The molecule has 0 bridgehead atoms. The number of nitrogens with one attached hydrogen (secondary N) is 5. The van der Waals surface area contributed by atoms with Crippen LogP contribution in [0.15, 0.2) is 266 Å². The molecule has 0 saturated carbocycles. The summed E-state index contributed by atoms with van der Waals surface area (Å²) >= 11 is 30.1. The first-order chi connectivity index (χ1) is 58.4.